The van der Waals surface area contributed by atoms with Gasteiger partial charge in [0.15, 0.2) is 0 Å². The van der Waals surface area contributed by atoms with Crippen molar-refractivity contribution >= 4 is 44.3 Å². The summed E-state index contributed by atoms with van der Waals surface area (Å²) in [5.74, 6) is 0. The molecule has 7 heteroatoms. The number of hydrogen-bond donors (Lipinski definition) is 1. The number of thiocarbonyl (C=S) groups is 1. The van der Waals surface area contributed by atoms with Crippen molar-refractivity contribution < 1.29 is 8.42 Å². The molecule has 2 aromatic rings. The van der Waals surface area contributed by atoms with Crippen LogP contribution in [0.25, 0.3) is 0 Å². The lowest BCUT2D eigenvalue weighted by atomic mass is 10.2. The van der Waals surface area contributed by atoms with Crippen LogP contribution in [-0.2, 0) is 10.0 Å². The zero-order chi connectivity index (χ0) is 14.9. The van der Waals surface area contributed by atoms with Crippen LogP contribution in [0.1, 0.15) is 10.4 Å². The fourth-order valence-electron chi connectivity index (χ4n) is 1.77. The minimum Gasteiger partial charge on any atom is -0.389 e. The van der Waals surface area contributed by atoms with Gasteiger partial charge in [-0.1, -0.05) is 24.4 Å². The summed E-state index contributed by atoms with van der Waals surface area (Å²) in [6.45, 7) is 1.87. The third-order valence-electron chi connectivity index (χ3n) is 2.84. The van der Waals surface area contributed by atoms with Gasteiger partial charge < -0.3 is 5.73 Å². The molecule has 0 saturated heterocycles. The van der Waals surface area contributed by atoms with Crippen molar-refractivity contribution in [2.45, 2.75) is 11.1 Å². The van der Waals surface area contributed by atoms with Gasteiger partial charge in [-0.05, 0) is 31.2 Å². The molecule has 0 fully saturated rings. The third kappa shape index (κ3) is 2.70. The molecule has 0 aliphatic rings. The molecule has 0 amide bonds. The summed E-state index contributed by atoms with van der Waals surface area (Å²) in [7, 11) is -2.09. The van der Waals surface area contributed by atoms with E-state index in [4.69, 9.17) is 18.0 Å². The van der Waals surface area contributed by atoms with Gasteiger partial charge in [0.05, 0.1) is 5.69 Å². The van der Waals surface area contributed by atoms with Gasteiger partial charge in [-0.2, -0.15) is 0 Å². The summed E-state index contributed by atoms with van der Waals surface area (Å²) >= 11 is 6.21. The molecule has 0 aliphatic heterocycles. The van der Waals surface area contributed by atoms with E-state index < -0.39 is 10.0 Å². The van der Waals surface area contributed by atoms with Crippen molar-refractivity contribution in [3.05, 3.63) is 46.8 Å². The summed E-state index contributed by atoms with van der Waals surface area (Å²) in [4.78, 5) is 1.12. The first-order chi connectivity index (χ1) is 9.34. The summed E-state index contributed by atoms with van der Waals surface area (Å²) in [5.41, 5.74) is 6.67. The fraction of sp³-hybridized carbons (Fsp3) is 0.154. The van der Waals surface area contributed by atoms with Crippen molar-refractivity contribution in [1.82, 2.24) is 0 Å². The normalized spacial score (nSPS) is 11.3. The Bertz CT molecular complexity index is 750. The van der Waals surface area contributed by atoms with Gasteiger partial charge in [0.25, 0.3) is 10.0 Å². The SMILES string of the molecule is Cc1ccc(S(=O)(=O)N(C)c2ccccc2C(N)=S)s1. The topological polar surface area (TPSA) is 63.4 Å². The number of hydrogen-bond acceptors (Lipinski definition) is 4. The van der Waals surface area contributed by atoms with E-state index in [1.807, 2.05) is 6.92 Å². The van der Waals surface area contributed by atoms with Gasteiger partial charge in [0, 0.05) is 17.5 Å². The van der Waals surface area contributed by atoms with Gasteiger partial charge in [0.2, 0.25) is 0 Å². The maximum absolute atomic E-state index is 12.6. The van der Waals surface area contributed by atoms with Crippen molar-refractivity contribution in [3.63, 3.8) is 0 Å². The summed E-state index contributed by atoms with van der Waals surface area (Å²) in [6.07, 6.45) is 0. The number of thiophene rings is 1. The second-order valence-electron chi connectivity index (χ2n) is 4.22. The van der Waals surface area contributed by atoms with Gasteiger partial charge >= 0.3 is 0 Å². The molecule has 2 rings (SSSR count). The Balaban J connectivity index is 2.51. The molecule has 1 aromatic heterocycles. The lowest BCUT2D eigenvalue weighted by Crippen LogP contribution is -2.28. The van der Waals surface area contributed by atoms with Gasteiger partial charge in [-0.3, -0.25) is 4.31 Å². The number of rotatable bonds is 4. The Morgan fingerprint density at radius 2 is 1.90 bits per heavy atom. The molecule has 2 N–H and O–H groups in total. The molecule has 0 radical (unpaired) electrons. The zero-order valence-corrected chi connectivity index (χ0v) is 13.5. The highest BCUT2D eigenvalue weighted by Crippen LogP contribution is 2.29. The average Bonchev–Trinajstić information content (AvgIpc) is 2.85. The maximum atomic E-state index is 12.6. The Morgan fingerprint density at radius 1 is 1.25 bits per heavy atom. The van der Waals surface area contributed by atoms with Gasteiger partial charge in [-0.25, -0.2) is 8.42 Å². The molecule has 20 heavy (non-hydrogen) atoms. The van der Waals surface area contributed by atoms with Gasteiger partial charge in [0.1, 0.15) is 9.20 Å². The molecule has 1 aromatic carbocycles. The summed E-state index contributed by atoms with van der Waals surface area (Å²) in [5, 5.41) is 0. The Morgan fingerprint density at radius 3 is 2.45 bits per heavy atom. The van der Waals surface area contributed by atoms with E-state index in [0.717, 1.165) is 4.88 Å². The van der Waals surface area contributed by atoms with Crippen LogP contribution in [0.2, 0.25) is 0 Å². The van der Waals surface area contributed by atoms with E-state index in [0.29, 0.717) is 15.5 Å². The van der Waals surface area contributed by atoms with Crippen molar-refractivity contribution in [3.8, 4) is 0 Å². The highest BCUT2D eigenvalue weighted by atomic mass is 32.2. The van der Waals surface area contributed by atoms with Crippen molar-refractivity contribution in [2.24, 2.45) is 5.73 Å². The predicted octanol–water partition coefficient (Wildman–Crippen LogP) is 2.52. The smallest absolute Gasteiger partial charge is 0.273 e. The predicted molar refractivity (Wildman–Crippen MR) is 87.0 cm³/mol. The number of anilines is 1. The first-order valence-corrected chi connectivity index (χ1v) is 8.44. The van der Waals surface area contributed by atoms with Crippen LogP contribution in [0.5, 0.6) is 0 Å². The largest absolute Gasteiger partial charge is 0.389 e. The monoisotopic (exact) mass is 326 g/mol. The van der Waals surface area contributed by atoms with E-state index >= 15 is 0 Å². The number of sulfonamides is 1. The van der Waals surface area contributed by atoms with Crippen LogP contribution >= 0.6 is 23.6 Å². The van der Waals surface area contributed by atoms with Crippen LogP contribution in [0.15, 0.2) is 40.6 Å². The Hall–Kier alpha value is -1.44. The second kappa shape index (κ2) is 5.51. The Kier molecular flexibility index (Phi) is 4.12. The average molecular weight is 326 g/mol. The molecule has 1 heterocycles. The quantitative estimate of drug-likeness (QED) is 0.877. The van der Waals surface area contributed by atoms with E-state index in [-0.39, 0.29) is 4.99 Å². The minimum absolute atomic E-state index is 0.171. The molecule has 0 bridgehead atoms. The zero-order valence-electron chi connectivity index (χ0n) is 11.0. The van der Waals surface area contributed by atoms with E-state index in [2.05, 4.69) is 0 Å². The molecule has 0 aliphatic carbocycles. The van der Waals surface area contributed by atoms with E-state index in [9.17, 15) is 8.42 Å². The number of aryl methyl sites for hydroxylation is 1. The van der Waals surface area contributed by atoms with Crippen LogP contribution in [0.4, 0.5) is 5.69 Å². The van der Waals surface area contributed by atoms with Crippen molar-refractivity contribution in [2.75, 3.05) is 11.4 Å². The molecule has 4 nitrogen and oxygen atoms in total. The van der Waals surface area contributed by atoms with Crippen LogP contribution in [0.3, 0.4) is 0 Å². The summed E-state index contributed by atoms with van der Waals surface area (Å²) in [6, 6.07) is 10.3. The lowest BCUT2D eigenvalue weighted by molar-refractivity contribution is 0.596. The molecule has 0 unspecified atom stereocenters. The van der Waals surface area contributed by atoms with Crippen LogP contribution < -0.4 is 10.0 Å². The molecule has 0 saturated carbocycles. The van der Waals surface area contributed by atoms with Crippen LogP contribution in [-0.4, -0.2) is 20.5 Å². The van der Waals surface area contributed by atoms with Gasteiger partial charge in [-0.15, -0.1) is 11.3 Å². The summed E-state index contributed by atoms with van der Waals surface area (Å²) < 4.78 is 26.7. The highest BCUT2D eigenvalue weighted by molar-refractivity contribution is 7.94. The first-order valence-electron chi connectivity index (χ1n) is 5.78. The first kappa shape index (κ1) is 15.0. The third-order valence-corrected chi connectivity index (χ3v) is 6.30. The molecule has 106 valence electrons. The van der Waals surface area contributed by atoms with E-state index in [1.54, 1.807) is 36.4 Å². The number of para-hydroxylation sites is 1. The second-order valence-corrected chi connectivity index (χ2v) is 8.14. The molecule has 0 spiro atoms. The molecular formula is C13H14N2O2S3. The number of nitrogens with two attached hydrogens (primary N) is 1. The minimum atomic E-state index is -3.59. The maximum Gasteiger partial charge on any atom is 0.273 e. The van der Waals surface area contributed by atoms with Crippen LogP contribution in [0, 0.1) is 6.92 Å². The standard InChI is InChI=1S/C13H14N2O2S3/c1-9-7-8-12(19-9)20(16,17)15(2)11-6-4-3-5-10(11)13(14)18/h3-8H,1-2H3,(H2,14,18). The number of nitrogens with zero attached hydrogens (tertiary/aromatic N) is 1. The number of benzene rings is 1. The highest BCUT2D eigenvalue weighted by Gasteiger charge is 2.24. The fourth-order valence-corrected chi connectivity index (χ4v) is 4.61. The lowest BCUT2D eigenvalue weighted by Gasteiger charge is -2.21. The van der Waals surface area contributed by atoms with Crippen molar-refractivity contribution in [1.29, 1.82) is 0 Å². The van der Waals surface area contributed by atoms with E-state index in [1.165, 1.54) is 22.7 Å². The molecular weight excluding hydrogens is 312 g/mol. The molecule has 0 atom stereocenters. The Labute approximate surface area is 127 Å².